The Morgan fingerprint density at radius 3 is 3.00 bits per heavy atom. The van der Waals surface area contributed by atoms with Crippen LogP contribution >= 0.6 is 11.8 Å². The molecule has 1 aromatic heterocycles. The average molecular weight is 290 g/mol. The molecule has 0 aliphatic carbocycles. The van der Waals surface area contributed by atoms with E-state index >= 15 is 0 Å². The normalized spacial score (nSPS) is 13.6. The molecular formula is C15H18N2O2S. The molecule has 1 unspecified atom stereocenters. The highest BCUT2D eigenvalue weighted by Gasteiger charge is 2.10. The topological polar surface area (TPSA) is 54.7 Å². The van der Waals surface area contributed by atoms with E-state index in [4.69, 9.17) is 9.94 Å². The summed E-state index contributed by atoms with van der Waals surface area (Å²) < 4.78 is 5.15. The molecule has 0 saturated heterocycles. The molecule has 0 aliphatic rings. The van der Waals surface area contributed by atoms with Crippen LogP contribution in [0.3, 0.4) is 0 Å². The smallest absolute Gasteiger partial charge is 0.0965 e. The Kier molecular flexibility index (Phi) is 5.38. The molecule has 0 saturated carbocycles. The lowest BCUT2D eigenvalue weighted by molar-refractivity contribution is 0.165. The third-order valence-electron chi connectivity index (χ3n) is 3.12. The molecule has 0 fully saturated rings. The first kappa shape index (κ1) is 14.8. The molecule has 0 spiro atoms. The molecule has 0 aliphatic heterocycles. The van der Waals surface area contributed by atoms with Crippen molar-refractivity contribution >= 4 is 28.4 Å². The van der Waals surface area contributed by atoms with Crippen LogP contribution in [-0.2, 0) is 10.5 Å². The van der Waals surface area contributed by atoms with Crippen LogP contribution in [0.25, 0.3) is 10.9 Å². The summed E-state index contributed by atoms with van der Waals surface area (Å²) in [6, 6.07) is 10.2. The average Bonchev–Trinajstić information content (AvgIpc) is 2.50. The number of hydrogen-bond acceptors (Lipinski definition) is 5. The largest absolute Gasteiger partial charge is 0.411 e. The van der Waals surface area contributed by atoms with Gasteiger partial charge in [0.1, 0.15) is 0 Å². The maximum absolute atomic E-state index is 8.95. The zero-order valence-corrected chi connectivity index (χ0v) is 12.4. The number of nitrogens with zero attached hydrogens (tertiary/aromatic N) is 2. The van der Waals surface area contributed by atoms with E-state index in [9.17, 15) is 0 Å². The Morgan fingerprint density at radius 1 is 1.45 bits per heavy atom. The lowest BCUT2D eigenvalue weighted by Gasteiger charge is -2.11. The number of para-hydroxylation sites is 1. The molecule has 2 rings (SSSR count). The van der Waals surface area contributed by atoms with E-state index in [0.29, 0.717) is 11.5 Å². The number of methoxy groups -OCH3 is 1. The molecule has 5 heteroatoms. The first-order chi connectivity index (χ1) is 9.74. The summed E-state index contributed by atoms with van der Waals surface area (Å²) in [5.74, 6) is 1.46. The highest BCUT2D eigenvalue weighted by atomic mass is 32.2. The molecule has 20 heavy (non-hydrogen) atoms. The number of oxime groups is 1. The monoisotopic (exact) mass is 290 g/mol. The Bertz CT molecular complexity index is 601. The maximum Gasteiger partial charge on any atom is 0.0965 e. The molecule has 2 aromatic rings. The van der Waals surface area contributed by atoms with Gasteiger partial charge < -0.3 is 9.94 Å². The van der Waals surface area contributed by atoms with Crippen molar-refractivity contribution in [3.63, 3.8) is 0 Å². The van der Waals surface area contributed by atoms with Gasteiger partial charge >= 0.3 is 0 Å². The number of thioether (sulfide) groups is 1. The van der Waals surface area contributed by atoms with E-state index in [1.54, 1.807) is 18.9 Å². The lowest BCUT2D eigenvalue weighted by Crippen LogP contribution is -2.21. The highest BCUT2D eigenvalue weighted by molar-refractivity contribution is 7.99. The summed E-state index contributed by atoms with van der Waals surface area (Å²) in [5.41, 5.74) is 2.81. The predicted octanol–water partition coefficient (Wildman–Crippen LogP) is 3.33. The van der Waals surface area contributed by atoms with E-state index in [2.05, 4.69) is 22.3 Å². The lowest BCUT2D eigenvalue weighted by atomic mass is 10.2. The fourth-order valence-electron chi connectivity index (χ4n) is 1.83. The molecule has 106 valence electrons. The molecule has 0 radical (unpaired) electrons. The van der Waals surface area contributed by atoms with Crippen molar-refractivity contribution in [2.45, 2.75) is 18.8 Å². The second-order valence-corrected chi connectivity index (χ2v) is 5.48. The minimum absolute atomic E-state index is 0.165. The van der Waals surface area contributed by atoms with Gasteiger partial charge in [0, 0.05) is 30.2 Å². The third-order valence-corrected chi connectivity index (χ3v) is 4.15. The van der Waals surface area contributed by atoms with Crippen LogP contribution in [0.4, 0.5) is 0 Å². The summed E-state index contributed by atoms with van der Waals surface area (Å²) in [7, 11) is 1.60. The van der Waals surface area contributed by atoms with Gasteiger partial charge in [-0.05, 0) is 24.6 Å². The predicted molar refractivity (Wildman–Crippen MR) is 83.6 cm³/mol. The minimum Gasteiger partial charge on any atom is -0.411 e. The van der Waals surface area contributed by atoms with Gasteiger partial charge in [-0.15, -0.1) is 0 Å². The van der Waals surface area contributed by atoms with E-state index in [-0.39, 0.29) is 6.10 Å². The fourth-order valence-corrected chi connectivity index (χ4v) is 2.83. The summed E-state index contributed by atoms with van der Waals surface area (Å²) in [4.78, 5) is 4.43. The van der Waals surface area contributed by atoms with Crippen molar-refractivity contribution in [2.75, 3.05) is 12.9 Å². The van der Waals surface area contributed by atoms with Crippen LogP contribution in [0.2, 0.25) is 0 Å². The molecule has 1 N–H and O–H groups in total. The Balaban J connectivity index is 1.96. The molecule has 0 bridgehead atoms. The number of rotatable bonds is 6. The van der Waals surface area contributed by atoms with Crippen LogP contribution in [0.1, 0.15) is 12.5 Å². The quantitative estimate of drug-likeness (QED) is 0.503. The second kappa shape index (κ2) is 7.26. The Labute approximate surface area is 122 Å². The van der Waals surface area contributed by atoms with Crippen LogP contribution in [0.5, 0.6) is 0 Å². The van der Waals surface area contributed by atoms with Gasteiger partial charge in [0.2, 0.25) is 0 Å². The summed E-state index contributed by atoms with van der Waals surface area (Å²) in [5, 5.41) is 13.4. The fraction of sp³-hybridized carbons (Fsp3) is 0.333. The molecule has 1 heterocycles. The van der Waals surface area contributed by atoms with E-state index in [1.807, 2.05) is 31.3 Å². The minimum atomic E-state index is -0.165. The molecule has 0 amide bonds. The highest BCUT2D eigenvalue weighted by Crippen LogP contribution is 2.17. The summed E-state index contributed by atoms with van der Waals surface area (Å²) in [6.07, 6.45) is 1.73. The maximum atomic E-state index is 8.95. The first-order valence-electron chi connectivity index (χ1n) is 6.39. The SMILES string of the molecule is COC(C)/C(CSCc1cnc2ccccc2c1)=N\O. The first-order valence-corrected chi connectivity index (χ1v) is 7.55. The molecule has 4 nitrogen and oxygen atoms in total. The number of ether oxygens (including phenoxy) is 1. The zero-order chi connectivity index (χ0) is 14.4. The molecule has 1 atom stereocenters. The Hall–Kier alpha value is -1.59. The van der Waals surface area contributed by atoms with Gasteiger partial charge in [-0.25, -0.2) is 0 Å². The van der Waals surface area contributed by atoms with Crippen molar-refractivity contribution in [3.8, 4) is 0 Å². The summed E-state index contributed by atoms with van der Waals surface area (Å²) in [6.45, 7) is 1.87. The Morgan fingerprint density at radius 2 is 2.25 bits per heavy atom. The van der Waals surface area contributed by atoms with Crippen LogP contribution in [-0.4, -0.2) is 34.9 Å². The van der Waals surface area contributed by atoms with Crippen molar-refractivity contribution in [3.05, 3.63) is 42.1 Å². The molecule has 1 aromatic carbocycles. The van der Waals surface area contributed by atoms with Crippen molar-refractivity contribution in [1.82, 2.24) is 4.98 Å². The van der Waals surface area contributed by atoms with Crippen molar-refractivity contribution in [1.29, 1.82) is 0 Å². The van der Waals surface area contributed by atoms with Gasteiger partial charge in [-0.1, -0.05) is 23.4 Å². The van der Waals surface area contributed by atoms with Crippen molar-refractivity contribution < 1.29 is 9.94 Å². The second-order valence-electron chi connectivity index (χ2n) is 4.50. The summed E-state index contributed by atoms with van der Waals surface area (Å²) >= 11 is 1.68. The van der Waals surface area contributed by atoms with Gasteiger partial charge in [0.05, 0.1) is 17.3 Å². The van der Waals surface area contributed by atoms with Crippen LogP contribution in [0.15, 0.2) is 41.7 Å². The number of aromatic nitrogens is 1. The van der Waals surface area contributed by atoms with Crippen molar-refractivity contribution in [2.24, 2.45) is 5.16 Å². The van der Waals surface area contributed by atoms with Gasteiger partial charge in [-0.2, -0.15) is 11.8 Å². The van der Waals surface area contributed by atoms with E-state index in [1.165, 1.54) is 0 Å². The van der Waals surface area contributed by atoms with E-state index < -0.39 is 0 Å². The number of pyridine rings is 1. The van der Waals surface area contributed by atoms with Crippen LogP contribution in [0, 0.1) is 0 Å². The third kappa shape index (κ3) is 3.71. The number of benzene rings is 1. The standard InChI is InChI=1S/C15H18N2O2S/c1-11(19-2)15(17-18)10-20-9-12-7-13-5-3-4-6-14(13)16-8-12/h3-8,11,18H,9-10H2,1-2H3/b17-15-. The van der Waals surface area contributed by atoms with E-state index in [0.717, 1.165) is 22.2 Å². The number of fused-ring (bicyclic) bond motifs is 1. The number of hydrogen-bond donors (Lipinski definition) is 1. The van der Waals surface area contributed by atoms with Crippen LogP contribution < -0.4 is 0 Å². The zero-order valence-electron chi connectivity index (χ0n) is 11.6. The molecular weight excluding hydrogens is 272 g/mol. The van der Waals surface area contributed by atoms with Gasteiger partial charge in [0.25, 0.3) is 0 Å². The van der Waals surface area contributed by atoms with Gasteiger partial charge in [-0.3, -0.25) is 4.98 Å². The van der Waals surface area contributed by atoms with Gasteiger partial charge in [0.15, 0.2) is 0 Å².